The van der Waals surface area contributed by atoms with Crippen LogP contribution in [0.3, 0.4) is 0 Å². The average Bonchev–Trinajstić information content (AvgIpc) is 3.01. The van der Waals surface area contributed by atoms with Crippen LogP contribution in [0, 0.1) is 0 Å². The normalized spacial score (nSPS) is 16.5. The molecule has 1 aliphatic rings. The first-order valence-corrected chi connectivity index (χ1v) is 12.6. The van der Waals surface area contributed by atoms with Gasteiger partial charge < -0.3 is 36.3 Å². The van der Waals surface area contributed by atoms with Gasteiger partial charge in [0.2, 0.25) is 0 Å². The van der Waals surface area contributed by atoms with Gasteiger partial charge in [0.05, 0.1) is 0 Å². The molecule has 0 aromatic heterocycles. The third-order valence-electron chi connectivity index (χ3n) is 5.70. The Balaban J connectivity index is 0.00000423. The van der Waals surface area contributed by atoms with Gasteiger partial charge in [-0.1, -0.05) is 121 Å². The number of hydrogen-bond donors (Lipinski definition) is 0. The maximum absolute atomic E-state index is 15.1. The van der Waals surface area contributed by atoms with Gasteiger partial charge in [-0.25, -0.2) is 0 Å². The Hall–Kier alpha value is -4.88. The van der Waals surface area contributed by atoms with Gasteiger partial charge in [-0.05, 0) is 0 Å². The molecule has 0 amide bonds. The summed E-state index contributed by atoms with van der Waals surface area (Å²) in [7, 11) is -10.4. The largest absolute Gasteiger partial charge is 2.00 e. The predicted molar refractivity (Wildman–Crippen MR) is 152 cm³/mol. The second-order valence-corrected chi connectivity index (χ2v) is 8.72. The van der Waals surface area contributed by atoms with Gasteiger partial charge in [0.15, 0.2) is 0 Å². The summed E-state index contributed by atoms with van der Waals surface area (Å²) in [6.07, 6.45) is 0. The van der Waals surface area contributed by atoms with Crippen LogP contribution in [0.5, 0.6) is 0 Å². The molecular weight excluding hydrogens is 613 g/mol. The summed E-state index contributed by atoms with van der Waals surface area (Å²) in [5, 5.41) is 14.4. The SMILES string of the molecule is F[B-]1(F)ON=C(c2ccccc2)C(c2ccccc2)=NO[B-](F)(F)ON=C(c2ccccc2)C(c2ccccc2)=NO1.[Co+2]. The molecule has 15 heteroatoms. The zero-order chi connectivity index (χ0) is 29.4. The summed E-state index contributed by atoms with van der Waals surface area (Å²) in [4.78, 5) is 0. The van der Waals surface area contributed by atoms with Crippen molar-refractivity contribution in [1.82, 2.24) is 0 Å². The third-order valence-corrected chi connectivity index (χ3v) is 5.70. The topological polar surface area (TPSA) is 86.4 Å². The molecule has 1 aliphatic heterocycles. The molecule has 4 aromatic rings. The molecule has 4 aromatic carbocycles. The second kappa shape index (κ2) is 13.9. The van der Waals surface area contributed by atoms with E-state index in [2.05, 4.69) is 39.6 Å². The van der Waals surface area contributed by atoms with Gasteiger partial charge in [0.25, 0.3) is 0 Å². The Bertz CT molecular complexity index is 1390. The van der Waals surface area contributed by atoms with Crippen LogP contribution in [0.25, 0.3) is 0 Å². The van der Waals surface area contributed by atoms with Crippen molar-refractivity contribution in [3.63, 3.8) is 0 Å². The average molecular weight is 633 g/mol. The first kappa shape index (κ1) is 31.1. The van der Waals surface area contributed by atoms with Crippen LogP contribution in [-0.4, -0.2) is 37.1 Å². The molecule has 43 heavy (non-hydrogen) atoms. The molecule has 219 valence electrons. The van der Waals surface area contributed by atoms with E-state index in [1.807, 2.05) is 0 Å². The number of hydrogen-bond acceptors (Lipinski definition) is 8. The van der Waals surface area contributed by atoms with Gasteiger partial charge >= 0.3 is 31.0 Å². The Labute approximate surface area is 254 Å². The second-order valence-electron chi connectivity index (χ2n) is 8.72. The van der Waals surface area contributed by atoms with Crippen molar-refractivity contribution in [1.29, 1.82) is 0 Å². The minimum atomic E-state index is -5.20. The molecule has 0 spiro atoms. The number of rotatable bonds is 4. The monoisotopic (exact) mass is 633 g/mol. The molecule has 0 N–H and O–H groups in total. The van der Waals surface area contributed by atoms with Crippen LogP contribution in [0.15, 0.2) is 142 Å². The third kappa shape index (κ3) is 8.11. The Morgan fingerprint density at radius 1 is 0.349 bits per heavy atom. The van der Waals surface area contributed by atoms with Gasteiger partial charge in [0, 0.05) is 22.3 Å². The first-order valence-electron chi connectivity index (χ1n) is 12.6. The van der Waals surface area contributed by atoms with E-state index in [1.165, 1.54) is 48.5 Å². The molecule has 1 radical (unpaired) electrons. The van der Waals surface area contributed by atoms with Crippen LogP contribution in [0.2, 0.25) is 0 Å². The minimum Gasteiger partial charge on any atom is -0.519 e. The molecule has 5 rings (SSSR count). The van der Waals surface area contributed by atoms with Crippen molar-refractivity contribution in [3.8, 4) is 0 Å². The number of benzene rings is 4. The molecule has 0 saturated carbocycles. The van der Waals surface area contributed by atoms with Crippen LogP contribution >= 0.6 is 0 Å². The van der Waals surface area contributed by atoms with Crippen LogP contribution in [0.4, 0.5) is 17.3 Å². The fourth-order valence-electron chi connectivity index (χ4n) is 3.81. The van der Waals surface area contributed by atoms with E-state index in [1.54, 1.807) is 72.8 Å². The zero-order valence-electron chi connectivity index (χ0n) is 22.0. The Morgan fingerprint density at radius 2 is 0.535 bits per heavy atom. The van der Waals surface area contributed by atoms with Crippen molar-refractivity contribution >= 4 is 37.1 Å². The van der Waals surface area contributed by atoms with E-state index in [0.717, 1.165) is 0 Å². The summed E-state index contributed by atoms with van der Waals surface area (Å²) in [5.41, 5.74) is -0.580. The van der Waals surface area contributed by atoms with Gasteiger partial charge in [-0.15, -0.1) is 20.6 Å². The number of oxime groups is 4. The minimum absolute atomic E-state index is 0. The van der Waals surface area contributed by atoms with E-state index in [0.29, 0.717) is 0 Å². The summed E-state index contributed by atoms with van der Waals surface area (Å²) in [6.45, 7) is 0. The van der Waals surface area contributed by atoms with Crippen molar-refractivity contribution in [2.45, 2.75) is 0 Å². The van der Waals surface area contributed by atoms with Crippen molar-refractivity contribution < 1.29 is 53.1 Å². The predicted octanol–water partition coefficient (Wildman–Crippen LogP) is 6.43. The van der Waals surface area contributed by atoms with E-state index in [-0.39, 0.29) is 61.9 Å². The van der Waals surface area contributed by atoms with Crippen LogP contribution in [-0.2, 0) is 35.8 Å². The van der Waals surface area contributed by atoms with E-state index < -0.39 is 14.2 Å². The number of nitrogens with zero attached hydrogens (tertiary/aromatic N) is 4. The zero-order valence-corrected chi connectivity index (χ0v) is 23.0. The van der Waals surface area contributed by atoms with Gasteiger partial charge in [-0.3, -0.25) is 0 Å². The smallest absolute Gasteiger partial charge is 0.519 e. The molecule has 0 atom stereocenters. The van der Waals surface area contributed by atoms with E-state index >= 15 is 17.3 Å². The molecule has 0 saturated heterocycles. The summed E-state index contributed by atoms with van der Waals surface area (Å²) in [6, 6.07) is 31.3. The Morgan fingerprint density at radius 3 is 0.721 bits per heavy atom. The van der Waals surface area contributed by atoms with Crippen LogP contribution in [0.1, 0.15) is 22.3 Å². The molecule has 8 nitrogen and oxygen atoms in total. The maximum atomic E-state index is 15.1. The molecule has 0 aliphatic carbocycles. The van der Waals surface area contributed by atoms with E-state index in [9.17, 15) is 0 Å². The molecule has 0 bridgehead atoms. The fourth-order valence-corrected chi connectivity index (χ4v) is 3.81. The van der Waals surface area contributed by atoms with Gasteiger partial charge in [0.1, 0.15) is 22.8 Å². The summed E-state index contributed by atoms with van der Waals surface area (Å²) in [5.74, 6) is 0. The molecule has 1 heterocycles. The standard InChI is InChI=1S/C28H20B2F4N4O4.Co/c31-29(32)39-35-25(21-13-5-1-6-14-21)26(22-15-7-2-8-16-22)36-40-30(33,34)42-38-28(24-19-11-4-12-20-24)27(37-41-29)23-17-9-3-10-18-23;/h1-20H;/q-2;+2. The summed E-state index contributed by atoms with van der Waals surface area (Å²) >= 11 is 0. The first-order chi connectivity index (χ1) is 20.3. The van der Waals surface area contributed by atoms with Crippen molar-refractivity contribution in [3.05, 3.63) is 144 Å². The summed E-state index contributed by atoms with van der Waals surface area (Å²) < 4.78 is 78.6. The molecule has 0 fully saturated rings. The maximum Gasteiger partial charge on any atom is 2.00 e. The quantitative estimate of drug-likeness (QED) is 0.192. The molecular formula is C28H20B2CoF4N4O4. The van der Waals surface area contributed by atoms with Gasteiger partial charge in [-0.2, -0.15) is 0 Å². The van der Waals surface area contributed by atoms with Crippen LogP contribution < -0.4 is 0 Å². The van der Waals surface area contributed by atoms with Crippen molar-refractivity contribution in [2.24, 2.45) is 20.6 Å². The Kier molecular flexibility index (Phi) is 10.0. The fraction of sp³-hybridized carbons (Fsp3) is 0. The van der Waals surface area contributed by atoms with E-state index in [4.69, 9.17) is 0 Å². The van der Waals surface area contributed by atoms with Crippen molar-refractivity contribution in [2.75, 3.05) is 0 Å². The number of halogens is 4. The molecule has 0 unspecified atom stereocenters.